The minimum absolute atomic E-state index is 0.177. The Balaban J connectivity index is 2.63. The van der Waals surface area contributed by atoms with Gasteiger partial charge in [0.15, 0.2) is 0 Å². The molecule has 0 spiro atoms. The predicted molar refractivity (Wildman–Crippen MR) is 62.5 cm³/mol. The second-order valence-corrected chi connectivity index (χ2v) is 4.39. The lowest BCUT2D eigenvalue weighted by molar-refractivity contribution is -0.139. The average molecular weight is 229 g/mol. The van der Waals surface area contributed by atoms with Crippen LogP contribution < -0.4 is 0 Å². The van der Waals surface area contributed by atoms with Gasteiger partial charge in [-0.05, 0) is 5.92 Å². The molecule has 0 aromatic rings. The van der Waals surface area contributed by atoms with Crippen molar-refractivity contribution in [3.05, 3.63) is 0 Å². The Morgan fingerprint density at radius 2 is 1.88 bits per heavy atom. The van der Waals surface area contributed by atoms with Gasteiger partial charge in [0.05, 0.1) is 19.6 Å². The second kappa shape index (κ2) is 6.86. The lowest BCUT2D eigenvalue weighted by Crippen LogP contribution is -2.47. The first-order valence-electron chi connectivity index (χ1n) is 6.22. The fourth-order valence-corrected chi connectivity index (χ4v) is 2.51. The Hall–Kier alpha value is -0.610. The number of rotatable bonds is 6. The van der Waals surface area contributed by atoms with E-state index in [1.54, 1.807) is 0 Å². The Kier molecular flexibility index (Phi) is 5.77. The molecule has 0 radical (unpaired) electrons. The summed E-state index contributed by atoms with van der Waals surface area (Å²) in [6.45, 7) is 7.49. The maximum atomic E-state index is 10.9. The summed E-state index contributed by atoms with van der Waals surface area (Å²) in [6, 6.07) is 0.177. The minimum Gasteiger partial charge on any atom is -0.481 e. The summed E-state index contributed by atoms with van der Waals surface area (Å²) in [5.74, 6) is -0.211. The highest BCUT2D eigenvalue weighted by molar-refractivity contribution is 5.67. The van der Waals surface area contributed by atoms with Gasteiger partial charge in [-0.1, -0.05) is 26.7 Å². The molecule has 1 fully saturated rings. The lowest BCUT2D eigenvalue weighted by atomic mass is 9.90. The zero-order valence-corrected chi connectivity index (χ0v) is 10.3. The van der Waals surface area contributed by atoms with Crippen LogP contribution in [-0.4, -0.2) is 48.3 Å². The molecule has 1 heterocycles. The molecule has 0 bridgehead atoms. The average Bonchev–Trinajstić information content (AvgIpc) is 2.30. The predicted octanol–water partition coefficient (Wildman–Crippen LogP) is 1.60. The Morgan fingerprint density at radius 3 is 2.31 bits per heavy atom. The molecule has 0 aromatic carbocycles. The number of carbonyl (C=O) groups is 1. The van der Waals surface area contributed by atoms with E-state index in [4.69, 9.17) is 9.84 Å². The topological polar surface area (TPSA) is 49.8 Å². The molecule has 1 aliphatic rings. The van der Waals surface area contributed by atoms with Gasteiger partial charge in [-0.3, -0.25) is 9.69 Å². The van der Waals surface area contributed by atoms with Gasteiger partial charge < -0.3 is 9.84 Å². The van der Waals surface area contributed by atoms with Gasteiger partial charge in [-0.15, -0.1) is 0 Å². The fraction of sp³-hybridized carbons (Fsp3) is 0.917. The van der Waals surface area contributed by atoms with Crippen LogP contribution in [0.15, 0.2) is 0 Å². The van der Waals surface area contributed by atoms with Crippen LogP contribution in [0.1, 0.15) is 33.1 Å². The third-order valence-electron chi connectivity index (χ3n) is 3.49. The number of hydrogen-bond acceptors (Lipinski definition) is 3. The third kappa shape index (κ3) is 3.76. The summed E-state index contributed by atoms with van der Waals surface area (Å²) < 4.78 is 5.31. The van der Waals surface area contributed by atoms with Crippen LogP contribution in [-0.2, 0) is 9.53 Å². The minimum atomic E-state index is -0.691. The van der Waals surface area contributed by atoms with E-state index < -0.39 is 5.97 Å². The molecule has 4 heteroatoms. The molecule has 16 heavy (non-hydrogen) atoms. The first-order chi connectivity index (χ1) is 7.69. The third-order valence-corrected chi connectivity index (χ3v) is 3.49. The molecule has 0 saturated carbocycles. The first-order valence-corrected chi connectivity index (χ1v) is 6.22. The summed E-state index contributed by atoms with van der Waals surface area (Å²) in [5, 5.41) is 9.00. The van der Waals surface area contributed by atoms with E-state index in [0.717, 1.165) is 39.1 Å². The van der Waals surface area contributed by atoms with Crippen LogP contribution in [0.2, 0.25) is 0 Å². The van der Waals surface area contributed by atoms with Crippen LogP contribution in [0.5, 0.6) is 0 Å². The van der Waals surface area contributed by atoms with Crippen LogP contribution >= 0.6 is 0 Å². The summed E-state index contributed by atoms with van der Waals surface area (Å²) in [4.78, 5) is 13.2. The molecule has 1 aliphatic heterocycles. The van der Waals surface area contributed by atoms with E-state index in [2.05, 4.69) is 18.7 Å². The van der Waals surface area contributed by atoms with Crippen LogP contribution in [0.3, 0.4) is 0 Å². The van der Waals surface area contributed by atoms with Crippen molar-refractivity contribution in [3.8, 4) is 0 Å². The van der Waals surface area contributed by atoms with E-state index in [1.165, 1.54) is 0 Å². The monoisotopic (exact) mass is 229 g/mol. The highest BCUT2D eigenvalue weighted by atomic mass is 16.5. The van der Waals surface area contributed by atoms with E-state index in [0.29, 0.717) is 5.92 Å². The van der Waals surface area contributed by atoms with Crippen molar-refractivity contribution in [3.63, 3.8) is 0 Å². The second-order valence-electron chi connectivity index (χ2n) is 4.39. The molecule has 4 nitrogen and oxygen atoms in total. The summed E-state index contributed by atoms with van der Waals surface area (Å²) in [7, 11) is 0. The SMILES string of the molecule is CCC(CC)C(CC(=O)O)N1CCOCC1. The molecule has 0 aromatic heterocycles. The molecule has 0 aliphatic carbocycles. The largest absolute Gasteiger partial charge is 0.481 e. The molecule has 0 amide bonds. The van der Waals surface area contributed by atoms with Crippen molar-refractivity contribution in [2.24, 2.45) is 5.92 Å². The van der Waals surface area contributed by atoms with Gasteiger partial charge in [0, 0.05) is 19.1 Å². The number of aliphatic carboxylic acids is 1. The molecule has 1 rings (SSSR count). The van der Waals surface area contributed by atoms with E-state index in [1.807, 2.05) is 0 Å². The van der Waals surface area contributed by atoms with Crippen molar-refractivity contribution < 1.29 is 14.6 Å². The van der Waals surface area contributed by atoms with Crippen LogP contribution in [0.25, 0.3) is 0 Å². The van der Waals surface area contributed by atoms with E-state index in [-0.39, 0.29) is 12.5 Å². The number of ether oxygens (including phenoxy) is 1. The Bertz CT molecular complexity index is 210. The molecular weight excluding hydrogens is 206 g/mol. The Morgan fingerprint density at radius 1 is 1.31 bits per heavy atom. The van der Waals surface area contributed by atoms with Crippen molar-refractivity contribution in [1.82, 2.24) is 4.90 Å². The van der Waals surface area contributed by atoms with Crippen LogP contribution in [0.4, 0.5) is 0 Å². The zero-order valence-electron chi connectivity index (χ0n) is 10.3. The van der Waals surface area contributed by atoms with Gasteiger partial charge >= 0.3 is 5.97 Å². The molecule has 1 unspecified atom stereocenters. The maximum absolute atomic E-state index is 10.9. The van der Waals surface area contributed by atoms with Crippen molar-refractivity contribution in [2.45, 2.75) is 39.2 Å². The highest BCUT2D eigenvalue weighted by Crippen LogP contribution is 2.22. The van der Waals surface area contributed by atoms with Gasteiger partial charge in [-0.2, -0.15) is 0 Å². The molecule has 1 atom stereocenters. The summed E-state index contributed by atoms with van der Waals surface area (Å²) in [6.07, 6.45) is 2.35. The standard InChI is InChI=1S/C12H23NO3/c1-3-10(4-2)11(9-12(14)15)13-5-7-16-8-6-13/h10-11H,3-9H2,1-2H3,(H,14,15). The normalized spacial score (nSPS) is 19.9. The number of nitrogens with zero attached hydrogens (tertiary/aromatic N) is 1. The highest BCUT2D eigenvalue weighted by Gasteiger charge is 2.28. The fourth-order valence-electron chi connectivity index (χ4n) is 2.51. The van der Waals surface area contributed by atoms with E-state index in [9.17, 15) is 4.79 Å². The van der Waals surface area contributed by atoms with Gasteiger partial charge in [0.1, 0.15) is 0 Å². The Labute approximate surface area is 97.6 Å². The van der Waals surface area contributed by atoms with Crippen molar-refractivity contribution in [1.29, 1.82) is 0 Å². The summed E-state index contributed by atoms with van der Waals surface area (Å²) in [5.41, 5.74) is 0. The smallest absolute Gasteiger partial charge is 0.304 e. The van der Waals surface area contributed by atoms with Crippen molar-refractivity contribution in [2.75, 3.05) is 26.3 Å². The maximum Gasteiger partial charge on any atom is 0.304 e. The number of hydrogen-bond donors (Lipinski definition) is 1. The number of carboxylic acids is 1. The van der Waals surface area contributed by atoms with Crippen LogP contribution in [0, 0.1) is 5.92 Å². The molecule has 1 N–H and O–H groups in total. The lowest BCUT2D eigenvalue weighted by Gasteiger charge is -2.37. The molecule has 1 saturated heterocycles. The zero-order chi connectivity index (χ0) is 12.0. The van der Waals surface area contributed by atoms with E-state index >= 15 is 0 Å². The molecule has 94 valence electrons. The number of morpholine rings is 1. The number of carboxylic acid groups (broad SMARTS) is 1. The first kappa shape index (κ1) is 13.5. The van der Waals surface area contributed by atoms with Gasteiger partial charge in [0.2, 0.25) is 0 Å². The van der Waals surface area contributed by atoms with Gasteiger partial charge in [0.25, 0.3) is 0 Å². The molecular formula is C12H23NO3. The van der Waals surface area contributed by atoms with Crippen molar-refractivity contribution >= 4 is 5.97 Å². The summed E-state index contributed by atoms with van der Waals surface area (Å²) >= 11 is 0. The quantitative estimate of drug-likeness (QED) is 0.751. The van der Waals surface area contributed by atoms with Gasteiger partial charge in [-0.25, -0.2) is 0 Å².